The normalized spacial score (nSPS) is 17.6. The zero-order valence-corrected chi connectivity index (χ0v) is 13.5. The molecule has 1 N–H and O–H groups in total. The summed E-state index contributed by atoms with van der Waals surface area (Å²) in [4.78, 5) is 17.7. The fraction of sp³-hybridized carbons (Fsp3) is 0.222. The molecule has 0 aliphatic carbocycles. The van der Waals surface area contributed by atoms with Crippen molar-refractivity contribution in [2.45, 2.75) is 12.5 Å². The van der Waals surface area contributed by atoms with E-state index >= 15 is 0 Å². The first-order valence-corrected chi connectivity index (χ1v) is 7.81. The average Bonchev–Trinajstić information content (AvgIpc) is 3.30. The number of benzene rings is 2. The molecule has 2 aliphatic rings. The molecule has 0 fully saturated rings. The van der Waals surface area contributed by atoms with Crippen LogP contribution in [0.15, 0.2) is 47.6 Å². The van der Waals surface area contributed by atoms with Crippen LogP contribution in [0.25, 0.3) is 0 Å². The minimum Gasteiger partial charge on any atom is -0.496 e. The number of para-hydroxylation sites is 1. The highest BCUT2D eigenvalue weighted by Crippen LogP contribution is 2.34. The molecule has 1 amide bonds. The van der Waals surface area contributed by atoms with E-state index in [1.165, 1.54) is 0 Å². The van der Waals surface area contributed by atoms with E-state index in [0.717, 1.165) is 5.56 Å². The first kappa shape index (κ1) is 15.3. The number of anilines is 1. The Morgan fingerprint density at radius 2 is 2.04 bits per heavy atom. The number of nitrogens with zero attached hydrogens (tertiary/aromatic N) is 1. The Morgan fingerprint density at radius 3 is 2.92 bits per heavy atom. The fourth-order valence-corrected chi connectivity index (χ4v) is 2.76. The number of fused-ring (bicyclic) bond motifs is 1. The molecule has 0 spiro atoms. The summed E-state index contributed by atoms with van der Waals surface area (Å²) < 4.78 is 15.9. The number of hydrogen-bond donors (Lipinski definition) is 1. The van der Waals surface area contributed by atoms with Crippen molar-refractivity contribution in [3.8, 4) is 17.2 Å². The Hall–Kier alpha value is -3.22. The minimum absolute atomic E-state index is 0.189. The molecule has 4 rings (SSSR count). The molecular formula is C18H16N2O5. The van der Waals surface area contributed by atoms with Crippen LogP contribution in [0.5, 0.6) is 17.2 Å². The Morgan fingerprint density at radius 1 is 1.20 bits per heavy atom. The third kappa shape index (κ3) is 2.96. The van der Waals surface area contributed by atoms with Gasteiger partial charge in [0.25, 0.3) is 5.91 Å². The van der Waals surface area contributed by atoms with Gasteiger partial charge in [0.15, 0.2) is 11.5 Å². The lowest BCUT2D eigenvalue weighted by Gasteiger charge is -2.10. The topological polar surface area (TPSA) is 78.4 Å². The Bertz CT molecular complexity index is 849. The predicted molar refractivity (Wildman–Crippen MR) is 90.2 cm³/mol. The Labute approximate surface area is 144 Å². The number of oxime groups is 1. The van der Waals surface area contributed by atoms with Crippen molar-refractivity contribution < 1.29 is 23.8 Å². The van der Waals surface area contributed by atoms with Crippen molar-refractivity contribution in [1.29, 1.82) is 0 Å². The van der Waals surface area contributed by atoms with Crippen molar-refractivity contribution in [2.24, 2.45) is 5.16 Å². The van der Waals surface area contributed by atoms with Crippen LogP contribution >= 0.6 is 0 Å². The van der Waals surface area contributed by atoms with E-state index in [4.69, 9.17) is 19.0 Å². The van der Waals surface area contributed by atoms with E-state index in [1.54, 1.807) is 25.3 Å². The van der Waals surface area contributed by atoms with Gasteiger partial charge < -0.3 is 24.4 Å². The highest BCUT2D eigenvalue weighted by Gasteiger charge is 2.30. The van der Waals surface area contributed by atoms with Gasteiger partial charge in [-0.25, -0.2) is 0 Å². The van der Waals surface area contributed by atoms with E-state index < -0.39 is 6.10 Å². The lowest BCUT2D eigenvalue weighted by Crippen LogP contribution is -2.28. The smallest absolute Gasteiger partial charge is 0.268 e. The summed E-state index contributed by atoms with van der Waals surface area (Å²) in [5.74, 6) is 1.70. The van der Waals surface area contributed by atoms with Crippen LogP contribution < -0.4 is 19.5 Å². The lowest BCUT2D eigenvalue weighted by atomic mass is 10.0. The Balaban J connectivity index is 1.43. The average molecular weight is 340 g/mol. The zero-order chi connectivity index (χ0) is 17.2. The van der Waals surface area contributed by atoms with Crippen molar-refractivity contribution in [3.63, 3.8) is 0 Å². The van der Waals surface area contributed by atoms with E-state index in [1.807, 2.05) is 24.3 Å². The number of ether oxygens (including phenoxy) is 3. The second-order valence-corrected chi connectivity index (χ2v) is 5.59. The van der Waals surface area contributed by atoms with Gasteiger partial charge in [-0.2, -0.15) is 0 Å². The van der Waals surface area contributed by atoms with Gasteiger partial charge in [0.2, 0.25) is 12.9 Å². The zero-order valence-electron chi connectivity index (χ0n) is 13.5. The monoisotopic (exact) mass is 340 g/mol. The molecule has 1 atom stereocenters. The van der Waals surface area contributed by atoms with Crippen molar-refractivity contribution in [3.05, 3.63) is 48.0 Å². The molecule has 0 aromatic heterocycles. The number of methoxy groups -OCH3 is 1. The molecule has 2 aromatic carbocycles. The van der Waals surface area contributed by atoms with E-state index in [2.05, 4.69) is 10.5 Å². The number of carbonyl (C=O) groups excluding carboxylic acids is 1. The van der Waals surface area contributed by atoms with Crippen LogP contribution in [0.1, 0.15) is 12.0 Å². The summed E-state index contributed by atoms with van der Waals surface area (Å²) in [5.41, 5.74) is 2.12. The molecular weight excluding hydrogens is 324 g/mol. The third-order valence-corrected chi connectivity index (χ3v) is 4.02. The van der Waals surface area contributed by atoms with Gasteiger partial charge in [-0.05, 0) is 24.3 Å². The molecule has 0 saturated heterocycles. The summed E-state index contributed by atoms with van der Waals surface area (Å²) in [7, 11) is 1.60. The van der Waals surface area contributed by atoms with Crippen LogP contribution in [0.4, 0.5) is 5.69 Å². The third-order valence-electron chi connectivity index (χ3n) is 4.02. The van der Waals surface area contributed by atoms with E-state index in [-0.39, 0.29) is 12.7 Å². The van der Waals surface area contributed by atoms with Gasteiger partial charge >= 0.3 is 0 Å². The standard InChI is InChI=1S/C18H16N2O5/c1-22-14-5-3-2-4-12(14)13-9-17(25-20-13)18(21)19-11-6-7-15-16(8-11)24-10-23-15/h2-8,17H,9-10H2,1H3,(H,19,21). The van der Waals surface area contributed by atoms with Crippen molar-refractivity contribution in [1.82, 2.24) is 0 Å². The molecule has 2 aliphatic heterocycles. The number of nitrogens with one attached hydrogen (secondary N) is 1. The van der Waals surface area contributed by atoms with Crippen molar-refractivity contribution >= 4 is 17.3 Å². The quantitative estimate of drug-likeness (QED) is 0.925. The van der Waals surface area contributed by atoms with E-state index in [0.29, 0.717) is 35.1 Å². The molecule has 0 saturated carbocycles. The molecule has 1 unspecified atom stereocenters. The van der Waals surface area contributed by atoms with Crippen LogP contribution in [-0.4, -0.2) is 31.6 Å². The van der Waals surface area contributed by atoms with Crippen LogP contribution in [0, 0.1) is 0 Å². The SMILES string of the molecule is COc1ccccc1C1=NOC(C(=O)Nc2ccc3c(c2)OCO3)C1. The number of amides is 1. The van der Waals surface area contributed by atoms with Crippen LogP contribution in [0.3, 0.4) is 0 Å². The highest BCUT2D eigenvalue weighted by atomic mass is 16.7. The summed E-state index contributed by atoms with van der Waals surface area (Å²) in [5, 5.41) is 6.86. The molecule has 2 heterocycles. The molecule has 0 bridgehead atoms. The molecule has 7 heteroatoms. The maximum atomic E-state index is 12.4. The van der Waals surface area contributed by atoms with Crippen LogP contribution in [0.2, 0.25) is 0 Å². The molecule has 25 heavy (non-hydrogen) atoms. The van der Waals surface area contributed by atoms with Gasteiger partial charge in [0, 0.05) is 23.7 Å². The van der Waals surface area contributed by atoms with Gasteiger partial charge in [0.05, 0.1) is 12.8 Å². The number of carbonyl (C=O) groups is 1. The van der Waals surface area contributed by atoms with Gasteiger partial charge in [0.1, 0.15) is 5.75 Å². The summed E-state index contributed by atoms with van der Waals surface area (Å²) in [6.07, 6.45) is -0.318. The predicted octanol–water partition coefficient (Wildman–Crippen LogP) is 2.56. The van der Waals surface area contributed by atoms with Gasteiger partial charge in [-0.1, -0.05) is 17.3 Å². The summed E-state index contributed by atoms with van der Waals surface area (Å²) >= 11 is 0. The maximum absolute atomic E-state index is 12.4. The van der Waals surface area contributed by atoms with Crippen molar-refractivity contribution in [2.75, 3.05) is 19.2 Å². The first-order chi connectivity index (χ1) is 12.2. The van der Waals surface area contributed by atoms with Gasteiger partial charge in [-0.15, -0.1) is 0 Å². The second-order valence-electron chi connectivity index (χ2n) is 5.59. The molecule has 7 nitrogen and oxygen atoms in total. The molecule has 0 radical (unpaired) electrons. The minimum atomic E-state index is -0.690. The summed E-state index contributed by atoms with van der Waals surface area (Å²) in [6.45, 7) is 0.189. The second kappa shape index (κ2) is 6.35. The maximum Gasteiger partial charge on any atom is 0.268 e. The fourth-order valence-electron chi connectivity index (χ4n) is 2.76. The van der Waals surface area contributed by atoms with Crippen LogP contribution in [-0.2, 0) is 9.63 Å². The largest absolute Gasteiger partial charge is 0.496 e. The molecule has 2 aromatic rings. The lowest BCUT2D eigenvalue weighted by molar-refractivity contribution is -0.125. The van der Waals surface area contributed by atoms with E-state index in [9.17, 15) is 4.79 Å². The molecule has 128 valence electrons. The number of rotatable bonds is 4. The van der Waals surface area contributed by atoms with Gasteiger partial charge in [-0.3, -0.25) is 4.79 Å². The Kier molecular flexibility index (Phi) is 3.89. The number of hydrogen-bond acceptors (Lipinski definition) is 6. The highest BCUT2D eigenvalue weighted by molar-refractivity contribution is 6.07. The summed E-state index contributed by atoms with van der Waals surface area (Å²) in [6, 6.07) is 12.7. The first-order valence-electron chi connectivity index (χ1n) is 7.81.